The second-order valence-corrected chi connectivity index (χ2v) is 9.58. The van der Waals surface area contributed by atoms with Gasteiger partial charge >= 0.3 is 0 Å². The molecule has 0 atom stereocenters. The normalized spacial score (nSPS) is 11.5. The number of fused-ring (bicyclic) bond motifs is 1. The fourth-order valence-corrected chi connectivity index (χ4v) is 4.74. The van der Waals surface area contributed by atoms with Crippen LogP contribution in [0, 0.1) is 0 Å². The molecule has 0 N–H and O–H groups in total. The van der Waals surface area contributed by atoms with Gasteiger partial charge in [0.1, 0.15) is 5.82 Å². The Labute approximate surface area is 193 Å². The molecule has 176 valence electrons. The number of aromatic nitrogens is 2. The molecule has 0 radical (unpaired) electrons. The van der Waals surface area contributed by atoms with Crippen LogP contribution in [0.2, 0.25) is 0 Å². The molecule has 0 aliphatic carbocycles. The van der Waals surface area contributed by atoms with Crippen LogP contribution in [-0.2, 0) is 13.0 Å². The van der Waals surface area contributed by atoms with Crippen LogP contribution in [0.4, 0.5) is 0 Å². The van der Waals surface area contributed by atoms with Gasteiger partial charge in [-0.05, 0) is 25.0 Å². The number of rotatable bonds is 20. The number of nitrogens with zero attached hydrogens (tertiary/aromatic N) is 2. The number of aryl methyl sites for hydroxylation is 2. The highest BCUT2D eigenvalue weighted by Crippen LogP contribution is 2.20. The molecule has 0 unspecified atom stereocenters. The Kier molecular flexibility index (Phi) is 14.5. The molecule has 0 spiro atoms. The van der Waals surface area contributed by atoms with E-state index in [1.54, 1.807) is 0 Å². The van der Waals surface area contributed by atoms with Gasteiger partial charge in [0.05, 0.1) is 11.0 Å². The van der Waals surface area contributed by atoms with Gasteiger partial charge in [0.25, 0.3) is 0 Å². The first-order chi connectivity index (χ1) is 15.4. The van der Waals surface area contributed by atoms with Crippen LogP contribution >= 0.6 is 0 Å². The van der Waals surface area contributed by atoms with E-state index in [2.05, 4.69) is 42.7 Å². The van der Waals surface area contributed by atoms with Crippen LogP contribution < -0.4 is 0 Å². The average molecular weight is 427 g/mol. The topological polar surface area (TPSA) is 17.8 Å². The van der Waals surface area contributed by atoms with Gasteiger partial charge < -0.3 is 4.57 Å². The van der Waals surface area contributed by atoms with Crippen molar-refractivity contribution >= 4 is 11.0 Å². The summed E-state index contributed by atoms with van der Waals surface area (Å²) in [5.74, 6) is 1.32. The van der Waals surface area contributed by atoms with Crippen molar-refractivity contribution in [2.24, 2.45) is 0 Å². The Morgan fingerprint density at radius 2 is 1.06 bits per heavy atom. The van der Waals surface area contributed by atoms with Gasteiger partial charge in [0, 0.05) is 13.0 Å². The summed E-state index contributed by atoms with van der Waals surface area (Å²) in [6.45, 7) is 5.73. The third kappa shape index (κ3) is 10.7. The predicted octanol–water partition coefficient (Wildman–Crippen LogP) is 9.64. The molecular formula is C29H50N2. The Morgan fingerprint density at radius 3 is 1.65 bits per heavy atom. The quantitative estimate of drug-likeness (QED) is 0.193. The summed E-state index contributed by atoms with van der Waals surface area (Å²) in [4.78, 5) is 5.00. The van der Waals surface area contributed by atoms with E-state index < -0.39 is 0 Å². The Balaban J connectivity index is 1.68. The van der Waals surface area contributed by atoms with Crippen molar-refractivity contribution < 1.29 is 0 Å². The summed E-state index contributed by atoms with van der Waals surface area (Å²) < 4.78 is 2.53. The maximum atomic E-state index is 5.00. The van der Waals surface area contributed by atoms with Gasteiger partial charge in [0.15, 0.2) is 0 Å². The van der Waals surface area contributed by atoms with E-state index in [4.69, 9.17) is 4.98 Å². The van der Waals surface area contributed by atoms with E-state index >= 15 is 0 Å². The third-order valence-corrected chi connectivity index (χ3v) is 6.72. The van der Waals surface area contributed by atoms with Gasteiger partial charge in [-0.25, -0.2) is 4.98 Å². The summed E-state index contributed by atoms with van der Waals surface area (Å²) >= 11 is 0. The molecule has 2 nitrogen and oxygen atoms in total. The molecule has 1 aromatic heterocycles. The lowest BCUT2D eigenvalue weighted by Gasteiger charge is -2.10. The highest BCUT2D eigenvalue weighted by Gasteiger charge is 2.10. The van der Waals surface area contributed by atoms with Crippen LogP contribution in [-0.4, -0.2) is 9.55 Å². The molecule has 0 saturated carbocycles. The molecule has 2 heteroatoms. The summed E-state index contributed by atoms with van der Waals surface area (Å²) in [6.07, 6.45) is 26.2. The second kappa shape index (κ2) is 17.3. The molecule has 0 saturated heterocycles. The second-order valence-electron chi connectivity index (χ2n) is 9.58. The molecule has 0 aliphatic rings. The lowest BCUT2D eigenvalue weighted by molar-refractivity contribution is 0.528. The molecule has 1 aromatic carbocycles. The fourth-order valence-electron chi connectivity index (χ4n) is 4.74. The van der Waals surface area contributed by atoms with Crippen LogP contribution in [0.1, 0.15) is 135 Å². The van der Waals surface area contributed by atoms with Gasteiger partial charge in [-0.2, -0.15) is 0 Å². The molecule has 2 aromatic rings. The van der Waals surface area contributed by atoms with Crippen molar-refractivity contribution in [2.45, 2.75) is 142 Å². The molecule has 31 heavy (non-hydrogen) atoms. The van der Waals surface area contributed by atoms with Crippen LogP contribution in [0.25, 0.3) is 11.0 Å². The first kappa shape index (κ1) is 25.9. The number of hydrogen-bond acceptors (Lipinski definition) is 1. The van der Waals surface area contributed by atoms with E-state index in [0.717, 1.165) is 13.0 Å². The fraction of sp³-hybridized carbons (Fsp3) is 0.759. The van der Waals surface area contributed by atoms with E-state index in [-0.39, 0.29) is 0 Å². The van der Waals surface area contributed by atoms with Gasteiger partial charge in [0.2, 0.25) is 0 Å². The van der Waals surface area contributed by atoms with E-state index in [9.17, 15) is 0 Å². The zero-order chi connectivity index (χ0) is 22.0. The predicted molar refractivity (Wildman–Crippen MR) is 138 cm³/mol. The summed E-state index contributed by atoms with van der Waals surface area (Å²) in [5.41, 5.74) is 2.53. The minimum Gasteiger partial charge on any atom is -0.328 e. The molecule has 1 heterocycles. The average Bonchev–Trinajstić information content (AvgIpc) is 3.14. The van der Waals surface area contributed by atoms with Gasteiger partial charge in [-0.15, -0.1) is 0 Å². The summed E-state index contributed by atoms with van der Waals surface area (Å²) in [5, 5.41) is 0. The molecule has 0 bridgehead atoms. The standard InChI is InChI=1S/C29H50N2/c1-3-5-7-9-11-13-15-17-19-25-29-30-27-23-20-21-24-28(27)31(29)26-22-18-16-14-12-10-8-6-4-2/h20-21,23-24H,3-19,22,25-26H2,1-2H3. The first-order valence-electron chi connectivity index (χ1n) is 13.8. The largest absolute Gasteiger partial charge is 0.328 e. The van der Waals surface area contributed by atoms with E-state index in [0.29, 0.717) is 0 Å². The Hall–Kier alpha value is -1.31. The molecular weight excluding hydrogens is 376 g/mol. The maximum absolute atomic E-state index is 5.00. The molecule has 2 rings (SSSR count). The molecule has 0 aliphatic heterocycles. The molecule has 0 fully saturated rings. The summed E-state index contributed by atoms with van der Waals surface area (Å²) in [6, 6.07) is 8.73. The Morgan fingerprint density at radius 1 is 0.581 bits per heavy atom. The maximum Gasteiger partial charge on any atom is 0.109 e. The van der Waals surface area contributed by atoms with Crippen LogP contribution in [0.3, 0.4) is 0 Å². The van der Waals surface area contributed by atoms with Crippen molar-refractivity contribution in [3.8, 4) is 0 Å². The van der Waals surface area contributed by atoms with Crippen molar-refractivity contribution in [3.63, 3.8) is 0 Å². The summed E-state index contributed by atoms with van der Waals surface area (Å²) in [7, 11) is 0. The number of benzene rings is 1. The highest BCUT2D eigenvalue weighted by atomic mass is 15.1. The van der Waals surface area contributed by atoms with Crippen molar-refractivity contribution in [3.05, 3.63) is 30.1 Å². The monoisotopic (exact) mass is 426 g/mol. The van der Waals surface area contributed by atoms with Gasteiger partial charge in [-0.3, -0.25) is 0 Å². The SMILES string of the molecule is CCCCCCCCCCCc1nc2ccccc2n1CCCCCCCCCCC. The van der Waals surface area contributed by atoms with E-state index in [1.807, 2.05) is 0 Å². The van der Waals surface area contributed by atoms with Gasteiger partial charge in [-0.1, -0.05) is 129 Å². The minimum atomic E-state index is 1.14. The van der Waals surface area contributed by atoms with Crippen molar-refractivity contribution in [1.29, 1.82) is 0 Å². The molecule has 0 amide bonds. The Bertz CT molecular complexity index is 672. The lowest BCUT2D eigenvalue weighted by Crippen LogP contribution is -2.04. The number of imidazole rings is 1. The van der Waals surface area contributed by atoms with Crippen molar-refractivity contribution in [1.82, 2.24) is 9.55 Å². The lowest BCUT2D eigenvalue weighted by atomic mass is 10.1. The van der Waals surface area contributed by atoms with Crippen LogP contribution in [0.15, 0.2) is 24.3 Å². The number of unbranched alkanes of at least 4 members (excludes halogenated alkanes) is 16. The highest BCUT2D eigenvalue weighted by molar-refractivity contribution is 5.75. The zero-order valence-electron chi connectivity index (χ0n) is 20.8. The number of para-hydroxylation sites is 2. The minimum absolute atomic E-state index is 1.14. The third-order valence-electron chi connectivity index (χ3n) is 6.72. The van der Waals surface area contributed by atoms with E-state index in [1.165, 1.54) is 132 Å². The smallest absolute Gasteiger partial charge is 0.109 e. The zero-order valence-corrected chi connectivity index (χ0v) is 20.8. The van der Waals surface area contributed by atoms with Crippen LogP contribution in [0.5, 0.6) is 0 Å². The first-order valence-corrected chi connectivity index (χ1v) is 13.8. The number of hydrogen-bond donors (Lipinski definition) is 0. The van der Waals surface area contributed by atoms with Crippen molar-refractivity contribution in [2.75, 3.05) is 0 Å².